The zero-order valence-corrected chi connectivity index (χ0v) is 14.5. The number of carbonyl (C=O) groups excluding carboxylic acids is 2. The average molecular weight is 356 g/mol. The van der Waals surface area contributed by atoms with Crippen molar-refractivity contribution in [3.05, 3.63) is 34.9 Å². The van der Waals surface area contributed by atoms with Crippen LogP contribution in [0.5, 0.6) is 0 Å². The summed E-state index contributed by atoms with van der Waals surface area (Å²) in [4.78, 5) is 24.9. The van der Waals surface area contributed by atoms with Crippen LogP contribution in [-0.4, -0.2) is 42.2 Å². The number of primary amides is 1. The SMILES string of the molecule is NC(=O)N1CCC[C@@H](C(=O)NCCSCc2cccc(Cl)c2)C1. The van der Waals surface area contributed by atoms with Gasteiger partial charge in [-0.1, -0.05) is 23.7 Å². The van der Waals surface area contributed by atoms with Crippen LogP contribution in [0.25, 0.3) is 0 Å². The van der Waals surface area contributed by atoms with E-state index < -0.39 is 6.03 Å². The van der Waals surface area contributed by atoms with E-state index >= 15 is 0 Å². The highest BCUT2D eigenvalue weighted by Gasteiger charge is 2.26. The minimum Gasteiger partial charge on any atom is -0.355 e. The number of thioether (sulfide) groups is 1. The molecule has 23 heavy (non-hydrogen) atoms. The Balaban J connectivity index is 1.64. The van der Waals surface area contributed by atoms with Crippen LogP contribution in [-0.2, 0) is 10.5 Å². The maximum absolute atomic E-state index is 12.1. The molecule has 0 bridgehead atoms. The molecular formula is C16H22ClN3O2S. The summed E-state index contributed by atoms with van der Waals surface area (Å²) in [5, 5.41) is 3.69. The van der Waals surface area contributed by atoms with Crippen LogP contribution >= 0.6 is 23.4 Å². The number of nitrogens with one attached hydrogen (secondary N) is 1. The summed E-state index contributed by atoms with van der Waals surface area (Å²) >= 11 is 7.69. The van der Waals surface area contributed by atoms with Gasteiger partial charge in [0.1, 0.15) is 0 Å². The second-order valence-corrected chi connectivity index (χ2v) is 7.14. The van der Waals surface area contributed by atoms with E-state index in [9.17, 15) is 9.59 Å². The van der Waals surface area contributed by atoms with Crippen LogP contribution < -0.4 is 11.1 Å². The monoisotopic (exact) mass is 355 g/mol. The highest BCUT2D eigenvalue weighted by atomic mass is 35.5. The summed E-state index contributed by atoms with van der Waals surface area (Å²) < 4.78 is 0. The average Bonchev–Trinajstić information content (AvgIpc) is 2.54. The molecule has 1 aliphatic rings. The second kappa shape index (κ2) is 9.03. The molecule has 1 atom stereocenters. The molecule has 0 radical (unpaired) electrons. The van der Waals surface area contributed by atoms with E-state index in [1.165, 1.54) is 5.56 Å². The van der Waals surface area contributed by atoms with Crippen molar-refractivity contribution in [3.8, 4) is 0 Å². The Labute approximate surface area is 145 Å². The van der Waals surface area contributed by atoms with Crippen LogP contribution in [0.2, 0.25) is 5.02 Å². The third kappa shape index (κ3) is 5.95. The largest absolute Gasteiger partial charge is 0.355 e. The number of benzene rings is 1. The van der Waals surface area contributed by atoms with Gasteiger partial charge in [-0.15, -0.1) is 0 Å². The Hall–Kier alpha value is -1.40. The van der Waals surface area contributed by atoms with Gasteiger partial charge in [-0.05, 0) is 30.5 Å². The quantitative estimate of drug-likeness (QED) is 0.770. The highest BCUT2D eigenvalue weighted by molar-refractivity contribution is 7.98. The molecule has 1 aromatic rings. The van der Waals surface area contributed by atoms with Gasteiger partial charge in [-0.3, -0.25) is 4.79 Å². The Morgan fingerprint density at radius 2 is 2.26 bits per heavy atom. The lowest BCUT2D eigenvalue weighted by Gasteiger charge is -2.30. The first kappa shape index (κ1) is 17.9. The van der Waals surface area contributed by atoms with Crippen molar-refractivity contribution in [2.24, 2.45) is 11.7 Å². The van der Waals surface area contributed by atoms with Crippen molar-refractivity contribution < 1.29 is 9.59 Å². The molecule has 7 heteroatoms. The lowest BCUT2D eigenvalue weighted by atomic mass is 9.97. The first-order chi connectivity index (χ1) is 11.1. The number of rotatable bonds is 6. The smallest absolute Gasteiger partial charge is 0.314 e. The number of amides is 3. The third-order valence-corrected chi connectivity index (χ3v) is 5.07. The number of piperidine rings is 1. The highest BCUT2D eigenvalue weighted by Crippen LogP contribution is 2.17. The molecule has 0 aromatic heterocycles. The molecule has 0 spiro atoms. The van der Waals surface area contributed by atoms with E-state index in [0.29, 0.717) is 19.6 Å². The molecule has 3 amide bonds. The van der Waals surface area contributed by atoms with Crippen molar-refractivity contribution in [3.63, 3.8) is 0 Å². The van der Waals surface area contributed by atoms with Crippen LogP contribution in [0.4, 0.5) is 4.79 Å². The van der Waals surface area contributed by atoms with E-state index in [2.05, 4.69) is 5.32 Å². The Kier molecular flexibility index (Phi) is 7.05. The van der Waals surface area contributed by atoms with E-state index in [4.69, 9.17) is 17.3 Å². The van der Waals surface area contributed by atoms with Gasteiger partial charge in [0.2, 0.25) is 5.91 Å². The van der Waals surface area contributed by atoms with Gasteiger partial charge in [-0.25, -0.2) is 4.79 Å². The Morgan fingerprint density at radius 1 is 1.43 bits per heavy atom. The van der Waals surface area contributed by atoms with E-state index in [0.717, 1.165) is 29.4 Å². The zero-order chi connectivity index (χ0) is 16.7. The molecule has 0 aliphatic carbocycles. The van der Waals surface area contributed by atoms with Crippen molar-refractivity contribution in [2.75, 3.05) is 25.4 Å². The van der Waals surface area contributed by atoms with Crippen LogP contribution in [0.1, 0.15) is 18.4 Å². The van der Waals surface area contributed by atoms with Crippen molar-refractivity contribution in [2.45, 2.75) is 18.6 Å². The van der Waals surface area contributed by atoms with Crippen molar-refractivity contribution in [1.29, 1.82) is 0 Å². The molecule has 1 fully saturated rings. The Bertz CT molecular complexity index is 556. The lowest BCUT2D eigenvalue weighted by Crippen LogP contribution is -2.47. The molecule has 0 unspecified atom stereocenters. The van der Waals surface area contributed by atoms with Gasteiger partial charge in [0.15, 0.2) is 0 Å². The number of hydrogen-bond donors (Lipinski definition) is 2. The maximum atomic E-state index is 12.1. The first-order valence-electron chi connectivity index (χ1n) is 7.70. The summed E-state index contributed by atoms with van der Waals surface area (Å²) in [6.45, 7) is 1.70. The molecule has 1 aromatic carbocycles. The van der Waals surface area contributed by atoms with E-state index in [1.807, 2.05) is 24.3 Å². The van der Waals surface area contributed by atoms with Gasteiger partial charge in [0, 0.05) is 36.2 Å². The first-order valence-corrected chi connectivity index (χ1v) is 9.24. The maximum Gasteiger partial charge on any atom is 0.314 e. The number of urea groups is 1. The predicted octanol–water partition coefficient (Wildman–Crippen LogP) is 2.48. The number of halogens is 1. The Morgan fingerprint density at radius 3 is 3.00 bits per heavy atom. The van der Waals surface area contributed by atoms with Gasteiger partial charge >= 0.3 is 6.03 Å². The molecule has 5 nitrogen and oxygen atoms in total. The summed E-state index contributed by atoms with van der Waals surface area (Å²) in [6, 6.07) is 7.34. The molecule has 1 saturated heterocycles. The molecule has 2 rings (SSSR count). The summed E-state index contributed by atoms with van der Waals surface area (Å²) in [6.07, 6.45) is 1.63. The van der Waals surface area contributed by atoms with Crippen LogP contribution in [0, 0.1) is 5.92 Å². The molecule has 0 saturated carbocycles. The van der Waals surface area contributed by atoms with E-state index in [1.54, 1.807) is 16.7 Å². The van der Waals surface area contributed by atoms with Gasteiger partial charge in [0.05, 0.1) is 5.92 Å². The number of nitrogens with zero attached hydrogens (tertiary/aromatic N) is 1. The fourth-order valence-electron chi connectivity index (χ4n) is 2.60. The lowest BCUT2D eigenvalue weighted by molar-refractivity contribution is -0.126. The van der Waals surface area contributed by atoms with Gasteiger partial charge in [0.25, 0.3) is 0 Å². The second-order valence-electron chi connectivity index (χ2n) is 5.60. The van der Waals surface area contributed by atoms with Crippen LogP contribution in [0.3, 0.4) is 0 Å². The molecule has 3 N–H and O–H groups in total. The third-order valence-electron chi connectivity index (χ3n) is 3.81. The molecule has 1 heterocycles. The number of likely N-dealkylation sites (tertiary alicyclic amines) is 1. The van der Waals surface area contributed by atoms with Crippen molar-refractivity contribution >= 4 is 35.3 Å². The summed E-state index contributed by atoms with van der Waals surface area (Å²) in [7, 11) is 0. The topological polar surface area (TPSA) is 75.4 Å². The number of hydrogen-bond acceptors (Lipinski definition) is 3. The normalized spacial score (nSPS) is 17.8. The van der Waals surface area contributed by atoms with Crippen LogP contribution in [0.15, 0.2) is 24.3 Å². The predicted molar refractivity (Wildman–Crippen MR) is 94.5 cm³/mol. The minimum absolute atomic E-state index is 0.0132. The van der Waals surface area contributed by atoms with Gasteiger partial charge < -0.3 is 16.0 Å². The molecular weight excluding hydrogens is 334 g/mol. The summed E-state index contributed by atoms with van der Waals surface area (Å²) in [5.74, 6) is 1.58. The van der Waals surface area contributed by atoms with Gasteiger partial charge in [-0.2, -0.15) is 11.8 Å². The van der Waals surface area contributed by atoms with E-state index in [-0.39, 0.29) is 11.8 Å². The zero-order valence-electron chi connectivity index (χ0n) is 13.0. The fraction of sp³-hybridized carbons (Fsp3) is 0.500. The fourth-order valence-corrected chi connectivity index (χ4v) is 3.62. The van der Waals surface area contributed by atoms with Crippen molar-refractivity contribution in [1.82, 2.24) is 10.2 Å². The number of carbonyl (C=O) groups is 2. The standard InChI is InChI=1S/C16H22ClN3O2S/c17-14-5-1-3-12(9-14)11-23-8-6-19-15(21)13-4-2-7-20(10-13)16(18)22/h1,3,5,9,13H,2,4,6-8,10-11H2,(H2,18,22)(H,19,21)/t13-/m1/s1. The molecule has 1 aliphatic heterocycles. The summed E-state index contributed by atoms with van der Waals surface area (Å²) in [5.41, 5.74) is 6.46. The minimum atomic E-state index is -0.445. The number of nitrogens with two attached hydrogens (primary N) is 1. The molecule has 126 valence electrons.